The van der Waals surface area contributed by atoms with Crippen molar-refractivity contribution in [3.8, 4) is 0 Å². The summed E-state index contributed by atoms with van der Waals surface area (Å²) in [6, 6.07) is 2.18. The Kier molecular flexibility index (Phi) is 3.33. The zero-order valence-corrected chi connectivity index (χ0v) is 12.9. The molecule has 3 heterocycles. The van der Waals surface area contributed by atoms with E-state index in [0.717, 1.165) is 29.6 Å². The smallest absolute Gasteiger partial charge is 0.258 e. The molecule has 1 aliphatic rings. The van der Waals surface area contributed by atoms with Gasteiger partial charge in [0.05, 0.1) is 23.2 Å². The van der Waals surface area contributed by atoms with Crippen LogP contribution in [0.15, 0.2) is 24.7 Å². The van der Waals surface area contributed by atoms with Gasteiger partial charge in [0.2, 0.25) is 5.95 Å². The number of nitrogens with one attached hydrogen (secondary N) is 2. The summed E-state index contributed by atoms with van der Waals surface area (Å²) >= 11 is 0. The molecule has 3 aromatic heterocycles. The molecule has 0 radical (unpaired) electrons. The van der Waals surface area contributed by atoms with Gasteiger partial charge in [0, 0.05) is 18.1 Å². The minimum atomic E-state index is -0.207. The van der Waals surface area contributed by atoms with E-state index in [9.17, 15) is 4.79 Å². The lowest BCUT2D eigenvalue weighted by molar-refractivity contribution is 0.102. The minimum absolute atomic E-state index is 0.207. The predicted octanol–water partition coefficient (Wildman–Crippen LogP) is 2.83. The fourth-order valence-electron chi connectivity index (χ4n) is 3.26. The summed E-state index contributed by atoms with van der Waals surface area (Å²) in [6.07, 6.45) is 9.72. The zero-order chi connectivity index (χ0) is 15.8. The summed E-state index contributed by atoms with van der Waals surface area (Å²) in [7, 11) is 0. The summed E-state index contributed by atoms with van der Waals surface area (Å²) in [5, 5.41) is 8.06. The number of aryl methyl sites for hydroxylation is 1. The molecule has 0 aliphatic heterocycles. The van der Waals surface area contributed by atoms with Crippen molar-refractivity contribution in [1.29, 1.82) is 0 Å². The second kappa shape index (κ2) is 5.49. The van der Waals surface area contributed by atoms with Crippen LogP contribution < -0.4 is 5.32 Å². The van der Waals surface area contributed by atoms with E-state index < -0.39 is 0 Å². The minimum Gasteiger partial charge on any atom is -0.331 e. The van der Waals surface area contributed by atoms with Gasteiger partial charge < -0.3 is 4.98 Å². The van der Waals surface area contributed by atoms with E-state index in [4.69, 9.17) is 0 Å². The van der Waals surface area contributed by atoms with Gasteiger partial charge in [0.1, 0.15) is 0 Å². The Balaban J connectivity index is 1.76. The van der Waals surface area contributed by atoms with Crippen LogP contribution in [0.4, 0.5) is 5.95 Å². The second-order valence-electron chi connectivity index (χ2n) is 5.97. The molecule has 0 aromatic carbocycles. The van der Waals surface area contributed by atoms with E-state index in [1.54, 1.807) is 24.7 Å². The molecule has 2 N–H and O–H groups in total. The molecule has 1 fully saturated rings. The van der Waals surface area contributed by atoms with Crippen molar-refractivity contribution in [1.82, 2.24) is 24.7 Å². The van der Waals surface area contributed by atoms with Gasteiger partial charge in [-0.05, 0) is 25.8 Å². The number of anilines is 1. The van der Waals surface area contributed by atoms with Gasteiger partial charge in [0.25, 0.3) is 5.91 Å². The Morgan fingerprint density at radius 3 is 2.96 bits per heavy atom. The summed E-state index contributed by atoms with van der Waals surface area (Å²) in [4.78, 5) is 24.1. The molecule has 3 aromatic rings. The van der Waals surface area contributed by atoms with E-state index in [1.807, 2.05) is 11.6 Å². The number of fused-ring (bicyclic) bond motifs is 1. The molecule has 4 rings (SSSR count). The Labute approximate surface area is 133 Å². The molecule has 1 amide bonds. The van der Waals surface area contributed by atoms with Crippen LogP contribution in [-0.2, 0) is 0 Å². The lowest BCUT2D eigenvalue weighted by atomic mass is 10.1. The third-order valence-electron chi connectivity index (χ3n) is 4.34. The number of amides is 1. The molecule has 0 bridgehead atoms. The number of H-pyrrole nitrogens is 1. The van der Waals surface area contributed by atoms with Crippen molar-refractivity contribution < 1.29 is 4.79 Å². The number of hydrogen-bond donors (Lipinski definition) is 2. The average Bonchev–Trinajstić information content (AvgIpc) is 3.26. The quantitative estimate of drug-likeness (QED) is 0.778. The van der Waals surface area contributed by atoms with Crippen LogP contribution in [0.1, 0.15) is 47.8 Å². The Morgan fingerprint density at radius 2 is 2.22 bits per heavy atom. The van der Waals surface area contributed by atoms with Crippen molar-refractivity contribution in [2.45, 2.75) is 38.6 Å². The average molecular weight is 310 g/mol. The van der Waals surface area contributed by atoms with E-state index in [2.05, 4.69) is 25.4 Å². The Morgan fingerprint density at radius 1 is 1.39 bits per heavy atom. The maximum Gasteiger partial charge on any atom is 0.258 e. The molecule has 0 saturated heterocycles. The first-order chi connectivity index (χ1) is 11.2. The van der Waals surface area contributed by atoms with Gasteiger partial charge in [0.15, 0.2) is 5.65 Å². The molecular weight excluding hydrogens is 292 g/mol. The van der Waals surface area contributed by atoms with Crippen LogP contribution in [0.3, 0.4) is 0 Å². The Bertz CT molecular complexity index is 845. The van der Waals surface area contributed by atoms with Crippen LogP contribution in [-0.4, -0.2) is 30.6 Å². The number of carbonyl (C=O) groups excluding carboxylic acids is 1. The summed E-state index contributed by atoms with van der Waals surface area (Å²) < 4.78 is 1.99. The number of nitrogens with zero attached hydrogens (tertiary/aromatic N) is 4. The van der Waals surface area contributed by atoms with Crippen molar-refractivity contribution in [3.05, 3.63) is 35.9 Å². The molecule has 118 valence electrons. The third kappa shape index (κ3) is 2.48. The molecule has 0 atom stereocenters. The maximum absolute atomic E-state index is 12.6. The van der Waals surface area contributed by atoms with Gasteiger partial charge >= 0.3 is 0 Å². The van der Waals surface area contributed by atoms with Gasteiger partial charge in [-0.25, -0.2) is 14.6 Å². The maximum atomic E-state index is 12.6. The molecule has 1 aliphatic carbocycles. The van der Waals surface area contributed by atoms with Crippen molar-refractivity contribution >= 4 is 22.9 Å². The van der Waals surface area contributed by atoms with Crippen LogP contribution in [0.25, 0.3) is 11.0 Å². The van der Waals surface area contributed by atoms with E-state index >= 15 is 0 Å². The number of pyridine rings is 1. The lowest BCUT2D eigenvalue weighted by Gasteiger charge is -2.11. The van der Waals surface area contributed by atoms with Crippen LogP contribution in [0, 0.1) is 6.92 Å². The highest BCUT2D eigenvalue weighted by atomic mass is 16.1. The van der Waals surface area contributed by atoms with E-state index in [1.165, 1.54) is 12.8 Å². The largest absolute Gasteiger partial charge is 0.331 e. The fraction of sp³-hybridized carbons (Fsp3) is 0.375. The van der Waals surface area contributed by atoms with E-state index in [0.29, 0.717) is 17.6 Å². The first-order valence-electron chi connectivity index (χ1n) is 7.88. The summed E-state index contributed by atoms with van der Waals surface area (Å²) in [5.41, 5.74) is 2.18. The number of imidazole rings is 1. The summed E-state index contributed by atoms with van der Waals surface area (Å²) in [6.45, 7) is 1.90. The zero-order valence-electron chi connectivity index (χ0n) is 12.9. The predicted molar refractivity (Wildman–Crippen MR) is 86.3 cm³/mol. The highest BCUT2D eigenvalue weighted by Gasteiger charge is 2.22. The monoisotopic (exact) mass is 310 g/mol. The topological polar surface area (TPSA) is 88.5 Å². The van der Waals surface area contributed by atoms with Crippen LogP contribution in [0.2, 0.25) is 0 Å². The second-order valence-corrected chi connectivity index (χ2v) is 5.97. The lowest BCUT2D eigenvalue weighted by Crippen LogP contribution is -2.14. The first kappa shape index (κ1) is 13.9. The standard InChI is InChI=1S/C16H18N6O/c1-10-8-12(15(23)21-16-17-6-7-18-16)13-9-19-22(14(13)20-10)11-4-2-3-5-11/h6-9,11H,2-5H2,1H3,(H2,17,18,21,23). The first-order valence-corrected chi connectivity index (χ1v) is 7.88. The van der Waals surface area contributed by atoms with Crippen molar-refractivity contribution in [2.75, 3.05) is 5.32 Å². The van der Waals surface area contributed by atoms with Gasteiger partial charge in [-0.15, -0.1) is 0 Å². The van der Waals surface area contributed by atoms with Crippen LogP contribution in [0.5, 0.6) is 0 Å². The van der Waals surface area contributed by atoms with E-state index in [-0.39, 0.29) is 5.91 Å². The van der Waals surface area contributed by atoms with Crippen LogP contribution >= 0.6 is 0 Å². The number of carbonyl (C=O) groups is 1. The third-order valence-corrected chi connectivity index (χ3v) is 4.34. The highest BCUT2D eigenvalue weighted by molar-refractivity contribution is 6.11. The molecule has 0 unspecified atom stereocenters. The normalized spacial score (nSPS) is 15.3. The molecule has 1 saturated carbocycles. The van der Waals surface area contributed by atoms with Crippen molar-refractivity contribution in [2.24, 2.45) is 0 Å². The number of aromatic amines is 1. The highest BCUT2D eigenvalue weighted by Crippen LogP contribution is 2.32. The van der Waals surface area contributed by atoms with Gasteiger partial charge in [-0.2, -0.15) is 5.10 Å². The van der Waals surface area contributed by atoms with Crippen molar-refractivity contribution in [3.63, 3.8) is 0 Å². The SMILES string of the molecule is Cc1cc(C(=O)Nc2ncc[nH]2)c2cnn(C3CCCC3)c2n1. The fourth-order valence-corrected chi connectivity index (χ4v) is 3.26. The number of aromatic nitrogens is 5. The molecular formula is C16H18N6O. The van der Waals surface area contributed by atoms with Gasteiger partial charge in [-0.1, -0.05) is 12.8 Å². The van der Waals surface area contributed by atoms with Gasteiger partial charge in [-0.3, -0.25) is 10.1 Å². The molecule has 7 nitrogen and oxygen atoms in total. The summed E-state index contributed by atoms with van der Waals surface area (Å²) in [5.74, 6) is 0.224. The molecule has 23 heavy (non-hydrogen) atoms. The molecule has 7 heteroatoms. The molecule has 0 spiro atoms. The Hall–Kier alpha value is -2.70. The number of rotatable bonds is 3. The number of hydrogen-bond acceptors (Lipinski definition) is 4.